The average Bonchev–Trinajstić information content (AvgIpc) is 3.91. The van der Waals surface area contributed by atoms with E-state index in [1.807, 2.05) is 6.07 Å². The summed E-state index contributed by atoms with van der Waals surface area (Å²) < 4.78 is 8.90. The van der Waals surface area contributed by atoms with E-state index in [4.69, 9.17) is 4.42 Å². The predicted molar refractivity (Wildman–Crippen MR) is 246 cm³/mol. The molecule has 4 nitrogen and oxygen atoms in total. The lowest BCUT2D eigenvalue weighted by Gasteiger charge is -2.34. The van der Waals surface area contributed by atoms with Crippen LogP contribution in [0.25, 0.3) is 60.6 Å². The molecule has 2 atom stereocenters. The zero-order chi connectivity index (χ0) is 39.1. The zero-order valence-electron chi connectivity index (χ0n) is 32.5. The molecule has 0 radical (unpaired) electrons. The van der Waals surface area contributed by atoms with Crippen LogP contribution >= 0.6 is 0 Å². The Labute approximate surface area is 342 Å². The summed E-state index contributed by atoms with van der Waals surface area (Å²) >= 11 is 0. The lowest BCUT2D eigenvalue weighted by atomic mass is 9.76. The Bertz CT molecular complexity index is 3250. The Hall–Kier alpha value is -7.56. The fraction of sp³-hybridized carbons (Fsp3) is 0.0545. The number of aromatic nitrogens is 1. The second-order valence-electron chi connectivity index (χ2n) is 16.0. The van der Waals surface area contributed by atoms with Crippen molar-refractivity contribution in [1.29, 1.82) is 0 Å². The highest BCUT2D eigenvalue weighted by atomic mass is 16.3. The quantitative estimate of drug-likeness (QED) is 0.169. The first-order valence-electron chi connectivity index (χ1n) is 20.4. The molecule has 12 rings (SSSR count). The average molecular weight is 758 g/mol. The van der Waals surface area contributed by atoms with E-state index in [0.29, 0.717) is 0 Å². The van der Waals surface area contributed by atoms with Gasteiger partial charge in [-0.05, 0) is 115 Å². The summed E-state index contributed by atoms with van der Waals surface area (Å²) in [7, 11) is 0. The third kappa shape index (κ3) is 5.16. The Morgan fingerprint density at radius 3 is 1.93 bits per heavy atom. The van der Waals surface area contributed by atoms with Gasteiger partial charge in [-0.25, -0.2) is 0 Å². The minimum absolute atomic E-state index is 0.107. The molecule has 0 amide bonds. The Morgan fingerprint density at radius 1 is 0.492 bits per heavy atom. The number of para-hydroxylation sites is 4. The lowest BCUT2D eigenvalue weighted by molar-refractivity contribution is 0.551. The van der Waals surface area contributed by atoms with E-state index in [1.54, 1.807) is 0 Å². The van der Waals surface area contributed by atoms with Crippen LogP contribution in [0.5, 0.6) is 0 Å². The normalized spacial score (nSPS) is 17.0. The summed E-state index contributed by atoms with van der Waals surface area (Å²) in [5.41, 5.74) is 14.6. The van der Waals surface area contributed by atoms with Crippen molar-refractivity contribution < 1.29 is 4.42 Å². The molecule has 280 valence electrons. The molecule has 59 heavy (non-hydrogen) atoms. The first kappa shape index (κ1) is 33.6. The minimum Gasteiger partial charge on any atom is -0.456 e. The number of nitrogens with zero attached hydrogens (tertiary/aromatic N) is 3. The van der Waals surface area contributed by atoms with Gasteiger partial charge in [-0.15, -0.1) is 0 Å². The number of rotatable bonds is 6. The Kier molecular flexibility index (Phi) is 7.39. The highest BCUT2D eigenvalue weighted by Crippen LogP contribution is 2.52. The van der Waals surface area contributed by atoms with Crippen molar-refractivity contribution in [2.24, 2.45) is 0 Å². The van der Waals surface area contributed by atoms with E-state index in [2.05, 4.69) is 228 Å². The topological polar surface area (TPSA) is 24.6 Å². The molecular weight excluding hydrogens is 719 g/mol. The van der Waals surface area contributed by atoms with E-state index >= 15 is 0 Å². The molecule has 4 heteroatoms. The van der Waals surface area contributed by atoms with Gasteiger partial charge in [0, 0.05) is 61.1 Å². The van der Waals surface area contributed by atoms with Crippen LogP contribution in [0.15, 0.2) is 217 Å². The van der Waals surface area contributed by atoms with Gasteiger partial charge >= 0.3 is 0 Å². The lowest BCUT2D eigenvalue weighted by Crippen LogP contribution is -2.39. The van der Waals surface area contributed by atoms with Gasteiger partial charge in [0.1, 0.15) is 11.2 Å². The summed E-state index contributed by atoms with van der Waals surface area (Å²) in [5.74, 6) is 0. The van der Waals surface area contributed by atoms with Gasteiger partial charge in [0.05, 0.1) is 17.1 Å². The van der Waals surface area contributed by atoms with E-state index in [1.165, 1.54) is 33.5 Å². The largest absolute Gasteiger partial charge is 0.456 e. The maximum Gasteiger partial charge on any atom is 0.136 e. The second-order valence-corrected chi connectivity index (χ2v) is 16.0. The molecule has 0 saturated heterocycles. The van der Waals surface area contributed by atoms with E-state index in [0.717, 1.165) is 61.1 Å². The van der Waals surface area contributed by atoms with E-state index in [-0.39, 0.29) is 11.5 Å². The summed E-state index contributed by atoms with van der Waals surface area (Å²) in [6, 6.07) is 68.1. The molecule has 0 spiro atoms. The first-order valence-corrected chi connectivity index (χ1v) is 20.4. The van der Waals surface area contributed by atoms with Crippen molar-refractivity contribution in [1.82, 2.24) is 4.57 Å². The highest BCUT2D eigenvalue weighted by Gasteiger charge is 2.46. The van der Waals surface area contributed by atoms with Crippen LogP contribution in [0.3, 0.4) is 0 Å². The maximum absolute atomic E-state index is 6.48. The van der Waals surface area contributed by atoms with Crippen LogP contribution < -0.4 is 9.80 Å². The number of hydrogen-bond acceptors (Lipinski definition) is 3. The van der Waals surface area contributed by atoms with Crippen LogP contribution in [0.1, 0.15) is 12.5 Å². The number of allylic oxidation sites excluding steroid dienone is 2. The van der Waals surface area contributed by atoms with Gasteiger partial charge in [-0.1, -0.05) is 121 Å². The van der Waals surface area contributed by atoms with Gasteiger partial charge < -0.3 is 18.8 Å². The fourth-order valence-electron chi connectivity index (χ4n) is 9.78. The zero-order valence-corrected chi connectivity index (χ0v) is 32.5. The number of benzene rings is 8. The molecule has 1 aliphatic heterocycles. The molecule has 2 aliphatic rings. The molecule has 3 heterocycles. The van der Waals surface area contributed by atoms with Crippen LogP contribution in [-0.4, -0.2) is 10.6 Å². The van der Waals surface area contributed by atoms with E-state index in [9.17, 15) is 0 Å². The SMILES string of the molecule is CC12C=CC=CC1N(c1ccccc1)c1cc(-c3ccc(-n4c5ccc(N(c6ccccc6)c6ccccc6)cc5c5cc6oc7ccccc7c6cc54)cc3)ccc12. The fourth-order valence-corrected chi connectivity index (χ4v) is 9.78. The molecule has 2 unspecified atom stereocenters. The Morgan fingerprint density at radius 2 is 1.17 bits per heavy atom. The standard InChI is InChI=1S/C55H39N3O/c1-55-32-14-13-23-54(55)58(41-19-9-4-10-20-41)51-33-38(26-30-48(51)55)37-24-27-42(28-25-37)57-49-31-29-43(56(39-15-5-2-6-16-39)40-17-7-3-8-18-40)34-45(49)46-36-53-47(35-50(46)57)44-21-11-12-22-52(44)59-53/h2-36,54H,1H3. The minimum atomic E-state index is -0.107. The molecule has 2 aromatic heterocycles. The van der Waals surface area contributed by atoms with Crippen LogP contribution in [-0.2, 0) is 5.41 Å². The van der Waals surface area contributed by atoms with Crippen LogP contribution in [0, 0.1) is 0 Å². The third-order valence-electron chi connectivity index (χ3n) is 12.6. The van der Waals surface area contributed by atoms with Crippen molar-refractivity contribution in [2.75, 3.05) is 9.80 Å². The second kappa shape index (κ2) is 13.0. The summed E-state index contributed by atoms with van der Waals surface area (Å²) in [6.45, 7) is 2.36. The molecule has 0 saturated carbocycles. The van der Waals surface area contributed by atoms with Gasteiger partial charge in [0.15, 0.2) is 0 Å². The number of anilines is 5. The Balaban J connectivity index is 1.02. The van der Waals surface area contributed by atoms with Gasteiger partial charge in [-0.3, -0.25) is 0 Å². The molecule has 0 fully saturated rings. The van der Waals surface area contributed by atoms with Crippen molar-refractivity contribution in [3.05, 3.63) is 218 Å². The number of hydrogen-bond donors (Lipinski definition) is 0. The smallest absolute Gasteiger partial charge is 0.136 e. The summed E-state index contributed by atoms with van der Waals surface area (Å²) in [5, 5.41) is 4.55. The summed E-state index contributed by atoms with van der Waals surface area (Å²) in [4.78, 5) is 4.84. The highest BCUT2D eigenvalue weighted by molar-refractivity contribution is 6.17. The third-order valence-corrected chi connectivity index (χ3v) is 12.6. The summed E-state index contributed by atoms with van der Waals surface area (Å²) in [6.07, 6.45) is 9.09. The monoisotopic (exact) mass is 757 g/mol. The maximum atomic E-state index is 6.48. The molecule has 0 N–H and O–H groups in total. The molecule has 1 aliphatic carbocycles. The number of furan rings is 1. The number of fused-ring (bicyclic) bond motifs is 9. The van der Waals surface area contributed by atoms with Gasteiger partial charge in [0.2, 0.25) is 0 Å². The van der Waals surface area contributed by atoms with Crippen LogP contribution in [0.2, 0.25) is 0 Å². The van der Waals surface area contributed by atoms with Gasteiger partial charge in [-0.2, -0.15) is 0 Å². The molecular formula is C55H39N3O. The van der Waals surface area contributed by atoms with Crippen molar-refractivity contribution in [2.45, 2.75) is 18.4 Å². The van der Waals surface area contributed by atoms with Crippen LogP contribution in [0.4, 0.5) is 28.4 Å². The molecule has 10 aromatic rings. The molecule has 0 bridgehead atoms. The van der Waals surface area contributed by atoms with Gasteiger partial charge in [0.25, 0.3) is 0 Å². The van der Waals surface area contributed by atoms with Crippen molar-refractivity contribution in [3.8, 4) is 16.8 Å². The predicted octanol–water partition coefficient (Wildman–Crippen LogP) is 14.7. The molecule has 8 aromatic carbocycles. The van der Waals surface area contributed by atoms with Crippen molar-refractivity contribution in [3.63, 3.8) is 0 Å². The first-order chi connectivity index (χ1) is 29.1. The van der Waals surface area contributed by atoms with E-state index < -0.39 is 0 Å². The van der Waals surface area contributed by atoms with Crippen molar-refractivity contribution >= 4 is 72.2 Å².